The maximum atomic E-state index is 9.61. The van der Waals surface area contributed by atoms with Crippen LogP contribution in [0.4, 0.5) is 0 Å². The van der Waals surface area contributed by atoms with Gasteiger partial charge in [0.05, 0.1) is 36.3 Å². The van der Waals surface area contributed by atoms with Gasteiger partial charge in [-0.25, -0.2) is 0 Å². The molecule has 1 aliphatic rings. The topological polar surface area (TPSA) is 110 Å². The van der Waals surface area contributed by atoms with Gasteiger partial charge in [-0.1, -0.05) is 0 Å². The van der Waals surface area contributed by atoms with Gasteiger partial charge >= 0.3 is 0 Å². The molecule has 0 amide bonds. The molecule has 1 aromatic carbocycles. The van der Waals surface area contributed by atoms with Crippen molar-refractivity contribution in [3.63, 3.8) is 0 Å². The van der Waals surface area contributed by atoms with Crippen molar-refractivity contribution >= 4 is 0 Å². The van der Waals surface area contributed by atoms with Crippen LogP contribution in [-0.4, -0.2) is 16.8 Å². The number of allylic oxidation sites excluding steroid dienone is 1. The van der Waals surface area contributed by atoms with Crippen molar-refractivity contribution in [2.75, 3.05) is 6.61 Å². The van der Waals surface area contributed by atoms with Crippen molar-refractivity contribution in [2.45, 2.75) is 12.8 Å². The molecule has 1 atom stereocenters. The van der Waals surface area contributed by atoms with E-state index in [4.69, 9.17) is 19.6 Å². The molecule has 3 heterocycles. The fraction of sp³-hybridized carbons (Fsp3) is 0.158. The first kappa shape index (κ1) is 15.8. The molecule has 0 radical (unpaired) electrons. The summed E-state index contributed by atoms with van der Waals surface area (Å²) in [6, 6.07) is 11.6. The Morgan fingerprint density at radius 3 is 2.77 bits per heavy atom. The normalized spacial score (nSPS) is 15.9. The molecule has 3 aromatic rings. The zero-order chi connectivity index (χ0) is 18.1. The second kappa shape index (κ2) is 6.33. The van der Waals surface area contributed by atoms with Crippen LogP contribution in [0.25, 0.3) is 11.3 Å². The van der Waals surface area contributed by atoms with E-state index < -0.39 is 5.92 Å². The number of nitrogens with zero attached hydrogens (tertiary/aromatic N) is 2. The number of nitrogens with one attached hydrogen (secondary N) is 1. The number of fused-ring (bicyclic) bond motifs is 1. The Bertz CT molecular complexity index is 995. The molecule has 2 aromatic heterocycles. The Balaban J connectivity index is 1.84. The fourth-order valence-electron chi connectivity index (χ4n) is 3.12. The minimum Gasteiger partial charge on any atom is -0.494 e. The van der Waals surface area contributed by atoms with Gasteiger partial charge < -0.3 is 19.6 Å². The average Bonchev–Trinajstić information content (AvgIpc) is 3.31. The van der Waals surface area contributed by atoms with E-state index in [1.54, 1.807) is 18.6 Å². The summed E-state index contributed by atoms with van der Waals surface area (Å²) in [5.74, 6) is 0.782. The molecule has 0 aliphatic carbocycles. The van der Waals surface area contributed by atoms with Gasteiger partial charge in [0.2, 0.25) is 11.8 Å². The molecule has 0 bridgehead atoms. The summed E-state index contributed by atoms with van der Waals surface area (Å²) < 4.78 is 16.3. The number of rotatable bonds is 4. The van der Waals surface area contributed by atoms with Crippen LogP contribution in [0.5, 0.6) is 11.6 Å². The van der Waals surface area contributed by atoms with Crippen LogP contribution in [0.2, 0.25) is 0 Å². The number of aromatic amines is 1. The van der Waals surface area contributed by atoms with Crippen LogP contribution in [0.3, 0.4) is 0 Å². The van der Waals surface area contributed by atoms with Crippen molar-refractivity contribution in [2.24, 2.45) is 5.73 Å². The first-order valence-electron chi connectivity index (χ1n) is 8.14. The predicted molar refractivity (Wildman–Crippen MR) is 93.2 cm³/mol. The standard InChI is InChI=1S/C19H16N4O3/c1-2-25-13-5-3-11(4-6-13)17-16-15(12-7-8-24-10-12)14(9-20)18(21)26-19(16)23-22-17/h3-8,10,15H,2,21H2,1H3,(H,22,23)/t15-/m1/s1. The van der Waals surface area contributed by atoms with E-state index >= 15 is 0 Å². The highest BCUT2D eigenvalue weighted by Gasteiger charge is 2.36. The number of nitrogens with two attached hydrogens (primary N) is 1. The van der Waals surface area contributed by atoms with E-state index in [1.165, 1.54) is 0 Å². The third kappa shape index (κ3) is 2.48. The maximum Gasteiger partial charge on any atom is 0.244 e. The van der Waals surface area contributed by atoms with Crippen molar-refractivity contribution in [1.82, 2.24) is 10.2 Å². The Labute approximate surface area is 149 Å². The molecule has 0 fully saturated rings. The van der Waals surface area contributed by atoms with Crippen molar-refractivity contribution in [3.05, 3.63) is 65.4 Å². The van der Waals surface area contributed by atoms with E-state index in [0.717, 1.165) is 28.1 Å². The fourth-order valence-corrected chi connectivity index (χ4v) is 3.12. The number of H-pyrrole nitrogens is 1. The van der Waals surface area contributed by atoms with Crippen LogP contribution < -0.4 is 15.2 Å². The largest absolute Gasteiger partial charge is 0.494 e. The van der Waals surface area contributed by atoms with Crippen LogP contribution in [-0.2, 0) is 0 Å². The van der Waals surface area contributed by atoms with E-state index in [-0.39, 0.29) is 5.88 Å². The molecular weight excluding hydrogens is 332 g/mol. The van der Waals surface area contributed by atoms with Crippen molar-refractivity contribution < 1.29 is 13.9 Å². The zero-order valence-corrected chi connectivity index (χ0v) is 14.0. The molecule has 0 saturated carbocycles. The highest BCUT2D eigenvalue weighted by molar-refractivity contribution is 5.71. The van der Waals surface area contributed by atoms with Gasteiger partial charge in [0.15, 0.2) is 0 Å². The lowest BCUT2D eigenvalue weighted by molar-refractivity contribution is 0.340. The molecule has 1 aliphatic heterocycles. The number of furan rings is 1. The monoisotopic (exact) mass is 348 g/mol. The molecule has 0 spiro atoms. The van der Waals surface area contributed by atoms with Crippen molar-refractivity contribution in [3.8, 4) is 29.0 Å². The number of benzene rings is 1. The highest BCUT2D eigenvalue weighted by atomic mass is 16.5. The number of aromatic nitrogens is 2. The van der Waals surface area contributed by atoms with Crippen molar-refractivity contribution in [1.29, 1.82) is 5.26 Å². The van der Waals surface area contributed by atoms with Crippen LogP contribution in [0.1, 0.15) is 24.0 Å². The lowest BCUT2D eigenvalue weighted by atomic mass is 9.84. The Morgan fingerprint density at radius 1 is 1.31 bits per heavy atom. The summed E-state index contributed by atoms with van der Waals surface area (Å²) in [7, 11) is 0. The molecule has 3 N–H and O–H groups in total. The highest BCUT2D eigenvalue weighted by Crippen LogP contribution is 2.45. The molecule has 26 heavy (non-hydrogen) atoms. The molecule has 4 rings (SSSR count). The zero-order valence-electron chi connectivity index (χ0n) is 14.0. The number of nitriles is 1. The van der Waals surface area contributed by atoms with Gasteiger partial charge in [0.25, 0.3) is 0 Å². The third-order valence-electron chi connectivity index (χ3n) is 4.27. The molecule has 7 nitrogen and oxygen atoms in total. The van der Waals surface area contributed by atoms with Gasteiger partial charge in [-0.2, -0.15) is 5.26 Å². The van der Waals surface area contributed by atoms with Crippen LogP contribution in [0.15, 0.2) is 58.7 Å². The molecule has 0 unspecified atom stereocenters. The van der Waals surface area contributed by atoms with Crippen LogP contribution in [0, 0.1) is 11.3 Å². The second-order valence-corrected chi connectivity index (χ2v) is 5.76. The SMILES string of the molecule is CCOc1ccc(-c2[nH]nc3c2[C@H](c2ccoc2)C(C#N)=C(N)O3)cc1. The quantitative estimate of drug-likeness (QED) is 0.748. The van der Waals surface area contributed by atoms with Crippen LogP contribution >= 0.6 is 0 Å². The summed E-state index contributed by atoms with van der Waals surface area (Å²) in [6.45, 7) is 2.54. The van der Waals surface area contributed by atoms with E-state index in [9.17, 15) is 5.26 Å². The molecule has 7 heteroatoms. The lowest BCUT2D eigenvalue weighted by Gasteiger charge is -2.22. The second-order valence-electron chi connectivity index (χ2n) is 5.76. The molecule has 130 valence electrons. The molecular formula is C19H16N4O3. The minimum atomic E-state index is -0.414. The smallest absolute Gasteiger partial charge is 0.244 e. The van der Waals surface area contributed by atoms with Gasteiger partial charge in [-0.15, -0.1) is 5.10 Å². The Morgan fingerprint density at radius 2 is 2.12 bits per heavy atom. The van der Waals surface area contributed by atoms with Gasteiger partial charge in [0, 0.05) is 11.1 Å². The summed E-state index contributed by atoms with van der Waals surface area (Å²) in [5.41, 5.74) is 9.48. The molecule has 0 saturated heterocycles. The minimum absolute atomic E-state index is 0.0518. The maximum absolute atomic E-state index is 9.61. The average molecular weight is 348 g/mol. The summed E-state index contributed by atoms with van der Waals surface area (Å²) in [5, 5.41) is 16.8. The van der Waals surface area contributed by atoms with E-state index in [2.05, 4.69) is 16.3 Å². The summed E-state index contributed by atoms with van der Waals surface area (Å²) in [6.07, 6.45) is 3.16. The number of hydrogen-bond acceptors (Lipinski definition) is 6. The van der Waals surface area contributed by atoms with Gasteiger partial charge in [-0.05, 0) is 37.3 Å². The Kier molecular flexibility index (Phi) is 3.86. The predicted octanol–water partition coefficient (Wildman–Crippen LogP) is 3.29. The van der Waals surface area contributed by atoms with E-state index in [0.29, 0.717) is 18.1 Å². The van der Waals surface area contributed by atoms with Gasteiger partial charge in [-0.3, -0.25) is 5.10 Å². The third-order valence-corrected chi connectivity index (χ3v) is 4.27. The number of hydrogen-bond donors (Lipinski definition) is 2. The summed E-state index contributed by atoms with van der Waals surface area (Å²) >= 11 is 0. The van der Waals surface area contributed by atoms with E-state index in [1.807, 2.05) is 31.2 Å². The van der Waals surface area contributed by atoms with Gasteiger partial charge in [0.1, 0.15) is 17.4 Å². The lowest BCUT2D eigenvalue weighted by Crippen LogP contribution is -2.20. The first-order valence-corrected chi connectivity index (χ1v) is 8.14. The Hall–Kier alpha value is -3.66. The first-order chi connectivity index (χ1) is 12.7. The summed E-state index contributed by atoms with van der Waals surface area (Å²) in [4.78, 5) is 0. The number of ether oxygens (including phenoxy) is 2.